The Morgan fingerprint density at radius 3 is 2.71 bits per heavy atom. The summed E-state index contributed by atoms with van der Waals surface area (Å²) in [6, 6.07) is 5.21. The molecule has 1 aromatic carbocycles. The molecule has 0 bridgehead atoms. The van der Waals surface area contributed by atoms with Gasteiger partial charge in [0.1, 0.15) is 0 Å². The van der Waals surface area contributed by atoms with Gasteiger partial charge >= 0.3 is 0 Å². The lowest BCUT2D eigenvalue weighted by atomic mass is 10.1. The predicted octanol–water partition coefficient (Wildman–Crippen LogP) is 3.07. The van der Waals surface area contributed by atoms with Crippen LogP contribution in [0.5, 0.6) is 5.75 Å². The predicted molar refractivity (Wildman–Crippen MR) is 72.3 cm³/mol. The van der Waals surface area contributed by atoms with Gasteiger partial charge in [0.15, 0.2) is 11.6 Å². The number of rotatable bonds is 6. The van der Waals surface area contributed by atoms with Crippen LogP contribution in [0.4, 0.5) is 4.39 Å². The molecule has 0 radical (unpaired) electrons. The lowest BCUT2D eigenvalue weighted by Gasteiger charge is -2.22. The van der Waals surface area contributed by atoms with E-state index in [2.05, 4.69) is 25.4 Å². The zero-order valence-corrected chi connectivity index (χ0v) is 11.7. The van der Waals surface area contributed by atoms with E-state index in [0.717, 1.165) is 6.54 Å². The molecule has 0 spiro atoms. The van der Waals surface area contributed by atoms with E-state index in [1.54, 1.807) is 30.0 Å². The molecular formula is C13H20FNOS. The average molecular weight is 257 g/mol. The van der Waals surface area contributed by atoms with Crippen LogP contribution >= 0.6 is 11.8 Å². The minimum absolute atomic E-state index is 0.162. The fraction of sp³-hybridized carbons (Fsp3) is 0.538. The standard InChI is InChI=1S/C13H20FNOS/c1-13(2,17-4)9-15-8-10-6-5-7-11(16-3)12(10)14/h5-7,15H,8-9H2,1-4H3. The van der Waals surface area contributed by atoms with E-state index >= 15 is 0 Å². The van der Waals surface area contributed by atoms with Crippen molar-refractivity contribution in [3.8, 4) is 5.75 Å². The maximum absolute atomic E-state index is 13.8. The van der Waals surface area contributed by atoms with Crippen LogP contribution in [0.2, 0.25) is 0 Å². The van der Waals surface area contributed by atoms with Gasteiger partial charge in [0.25, 0.3) is 0 Å². The summed E-state index contributed by atoms with van der Waals surface area (Å²) < 4.78 is 18.9. The van der Waals surface area contributed by atoms with Gasteiger partial charge in [0.05, 0.1) is 7.11 Å². The minimum atomic E-state index is -0.274. The van der Waals surface area contributed by atoms with Crippen LogP contribution in [0.25, 0.3) is 0 Å². The molecule has 1 rings (SSSR count). The number of halogens is 1. The van der Waals surface area contributed by atoms with E-state index in [0.29, 0.717) is 17.9 Å². The average Bonchev–Trinajstić information content (AvgIpc) is 2.31. The molecule has 0 aromatic heterocycles. The van der Waals surface area contributed by atoms with E-state index < -0.39 is 0 Å². The summed E-state index contributed by atoms with van der Waals surface area (Å²) in [6.45, 7) is 5.68. The van der Waals surface area contributed by atoms with Crippen LogP contribution < -0.4 is 10.1 Å². The third kappa shape index (κ3) is 4.21. The highest BCUT2D eigenvalue weighted by molar-refractivity contribution is 7.99. The van der Waals surface area contributed by atoms with E-state index in [1.807, 2.05) is 0 Å². The lowest BCUT2D eigenvalue weighted by molar-refractivity contribution is 0.383. The molecule has 0 aliphatic rings. The third-order valence-corrected chi connectivity index (χ3v) is 3.93. The Morgan fingerprint density at radius 1 is 1.41 bits per heavy atom. The van der Waals surface area contributed by atoms with Gasteiger partial charge in [0.2, 0.25) is 0 Å². The van der Waals surface area contributed by atoms with Gasteiger partial charge in [-0.3, -0.25) is 0 Å². The second-order valence-corrected chi connectivity index (χ2v) is 6.01. The number of thioether (sulfide) groups is 1. The number of nitrogens with one attached hydrogen (secondary N) is 1. The van der Waals surface area contributed by atoms with Gasteiger partial charge in [-0.25, -0.2) is 4.39 Å². The summed E-state index contributed by atoms with van der Waals surface area (Å²) in [7, 11) is 1.48. The van der Waals surface area contributed by atoms with Gasteiger partial charge in [-0.15, -0.1) is 0 Å². The summed E-state index contributed by atoms with van der Waals surface area (Å²) in [5.41, 5.74) is 0.640. The molecule has 0 atom stereocenters. The largest absolute Gasteiger partial charge is 0.494 e. The second kappa shape index (κ2) is 6.26. The first-order chi connectivity index (χ1) is 8.00. The van der Waals surface area contributed by atoms with E-state index in [9.17, 15) is 4.39 Å². The first kappa shape index (κ1) is 14.3. The number of ether oxygens (including phenoxy) is 1. The van der Waals surface area contributed by atoms with Gasteiger partial charge in [0, 0.05) is 23.4 Å². The third-order valence-electron chi connectivity index (χ3n) is 2.68. The Kier molecular flexibility index (Phi) is 5.28. The van der Waals surface area contributed by atoms with E-state index in [4.69, 9.17) is 4.74 Å². The lowest BCUT2D eigenvalue weighted by Crippen LogP contribution is -2.31. The fourth-order valence-corrected chi connectivity index (χ4v) is 1.67. The Balaban J connectivity index is 2.58. The molecule has 1 aromatic rings. The van der Waals surface area contributed by atoms with E-state index in [1.165, 1.54) is 7.11 Å². The van der Waals surface area contributed by atoms with Crippen molar-refractivity contribution in [2.24, 2.45) is 0 Å². The van der Waals surface area contributed by atoms with Crippen LogP contribution in [0.3, 0.4) is 0 Å². The summed E-state index contributed by atoms with van der Waals surface area (Å²) in [6.07, 6.45) is 2.08. The molecule has 0 heterocycles. The zero-order chi connectivity index (χ0) is 12.9. The van der Waals surface area contributed by atoms with Gasteiger partial charge in [-0.1, -0.05) is 12.1 Å². The van der Waals surface area contributed by atoms with Crippen LogP contribution in [0.1, 0.15) is 19.4 Å². The molecule has 0 amide bonds. The summed E-state index contributed by atoms with van der Waals surface area (Å²) in [5, 5.41) is 3.27. The van der Waals surface area contributed by atoms with Crippen molar-refractivity contribution >= 4 is 11.8 Å². The SMILES string of the molecule is COc1cccc(CNCC(C)(C)SC)c1F. The molecule has 0 saturated carbocycles. The van der Waals surface area contributed by atoms with Gasteiger partial charge in [-0.2, -0.15) is 11.8 Å². The second-order valence-electron chi connectivity index (χ2n) is 4.50. The molecule has 0 aliphatic carbocycles. The molecular weight excluding hydrogens is 237 g/mol. The van der Waals surface area contributed by atoms with Gasteiger partial charge < -0.3 is 10.1 Å². The van der Waals surface area contributed by atoms with Crippen molar-refractivity contribution < 1.29 is 9.13 Å². The maximum Gasteiger partial charge on any atom is 0.169 e. The first-order valence-electron chi connectivity index (χ1n) is 5.57. The molecule has 1 N–H and O–H groups in total. The van der Waals surface area contributed by atoms with Crippen molar-refractivity contribution in [1.82, 2.24) is 5.32 Å². The Hall–Kier alpha value is -0.740. The minimum Gasteiger partial charge on any atom is -0.494 e. The Morgan fingerprint density at radius 2 is 2.12 bits per heavy atom. The molecule has 17 heavy (non-hydrogen) atoms. The molecule has 0 unspecified atom stereocenters. The zero-order valence-electron chi connectivity index (χ0n) is 10.8. The Bertz CT molecular complexity index is 368. The highest BCUT2D eigenvalue weighted by Crippen LogP contribution is 2.21. The normalized spacial score (nSPS) is 11.6. The highest BCUT2D eigenvalue weighted by atomic mass is 32.2. The monoisotopic (exact) mass is 257 g/mol. The van der Waals surface area contributed by atoms with Crippen molar-refractivity contribution in [3.63, 3.8) is 0 Å². The molecule has 0 aliphatic heterocycles. The Labute approximate surface area is 107 Å². The van der Waals surface area contributed by atoms with Crippen molar-refractivity contribution in [3.05, 3.63) is 29.6 Å². The summed E-state index contributed by atoms with van der Waals surface area (Å²) >= 11 is 1.79. The van der Waals surface area contributed by atoms with Crippen LogP contribution in [-0.4, -0.2) is 24.7 Å². The first-order valence-corrected chi connectivity index (χ1v) is 6.80. The molecule has 0 fully saturated rings. The molecule has 96 valence electrons. The van der Waals surface area contributed by atoms with E-state index in [-0.39, 0.29) is 10.6 Å². The number of hydrogen-bond acceptors (Lipinski definition) is 3. The van der Waals surface area contributed by atoms with Crippen LogP contribution in [-0.2, 0) is 6.54 Å². The quantitative estimate of drug-likeness (QED) is 0.846. The van der Waals surface area contributed by atoms with Crippen LogP contribution in [0, 0.1) is 5.82 Å². The van der Waals surface area contributed by atoms with Crippen molar-refractivity contribution in [2.75, 3.05) is 19.9 Å². The van der Waals surface area contributed by atoms with Gasteiger partial charge in [-0.05, 0) is 26.2 Å². The fourth-order valence-electron chi connectivity index (χ4n) is 1.42. The summed E-state index contributed by atoms with van der Waals surface area (Å²) in [5.74, 6) is 0.0258. The highest BCUT2D eigenvalue weighted by Gasteiger charge is 2.15. The topological polar surface area (TPSA) is 21.3 Å². The number of hydrogen-bond donors (Lipinski definition) is 1. The summed E-state index contributed by atoms with van der Waals surface area (Å²) in [4.78, 5) is 0. The maximum atomic E-state index is 13.8. The smallest absolute Gasteiger partial charge is 0.169 e. The van der Waals surface area contributed by atoms with Crippen molar-refractivity contribution in [1.29, 1.82) is 0 Å². The molecule has 2 nitrogen and oxygen atoms in total. The molecule has 0 saturated heterocycles. The van der Waals surface area contributed by atoms with Crippen LogP contribution in [0.15, 0.2) is 18.2 Å². The number of methoxy groups -OCH3 is 1. The van der Waals surface area contributed by atoms with Crippen molar-refractivity contribution in [2.45, 2.75) is 25.1 Å². The number of benzene rings is 1. The molecule has 4 heteroatoms.